The first-order chi connectivity index (χ1) is 10.4. The molecule has 0 radical (unpaired) electrons. The molecule has 22 heavy (non-hydrogen) atoms. The number of halogens is 2. The Bertz CT molecular complexity index is 718. The Morgan fingerprint density at radius 2 is 1.64 bits per heavy atom. The number of hydrogen-bond acceptors (Lipinski definition) is 3. The van der Waals surface area contributed by atoms with Gasteiger partial charge in [0, 0.05) is 11.6 Å². The summed E-state index contributed by atoms with van der Waals surface area (Å²) in [7, 11) is -3.76. The van der Waals surface area contributed by atoms with Gasteiger partial charge in [-0.15, -0.1) is 0 Å². The normalized spacial score (nSPS) is 11.4. The fraction of sp³-hybridized carbons (Fsp3) is 0.200. The van der Waals surface area contributed by atoms with Crippen molar-refractivity contribution in [2.45, 2.75) is 11.3 Å². The molecule has 2 aromatic rings. The van der Waals surface area contributed by atoms with E-state index in [2.05, 4.69) is 0 Å². The molecule has 7 heteroatoms. The maximum Gasteiger partial charge on any atom is 0.264 e. The summed E-state index contributed by atoms with van der Waals surface area (Å²) in [5.41, 5.74) is 5.88. The third-order valence-electron chi connectivity index (χ3n) is 3.08. The second-order valence-electron chi connectivity index (χ2n) is 4.65. The third-order valence-corrected chi connectivity index (χ3v) is 5.18. The molecule has 0 spiro atoms. The van der Waals surface area contributed by atoms with E-state index < -0.39 is 15.8 Å². The fourth-order valence-corrected chi connectivity index (χ4v) is 3.59. The minimum Gasteiger partial charge on any atom is -0.330 e. The second-order valence-corrected chi connectivity index (χ2v) is 6.95. The molecule has 2 aromatic carbocycles. The van der Waals surface area contributed by atoms with Gasteiger partial charge in [-0.2, -0.15) is 0 Å². The van der Waals surface area contributed by atoms with Crippen LogP contribution in [0.2, 0.25) is 5.02 Å². The van der Waals surface area contributed by atoms with Crippen molar-refractivity contribution in [1.82, 2.24) is 0 Å². The summed E-state index contributed by atoms with van der Waals surface area (Å²) >= 11 is 5.79. The van der Waals surface area contributed by atoms with Crippen LogP contribution in [0, 0.1) is 5.82 Å². The Balaban J connectivity index is 2.43. The molecule has 0 aromatic heterocycles. The van der Waals surface area contributed by atoms with E-state index in [4.69, 9.17) is 17.3 Å². The first-order valence-corrected chi connectivity index (χ1v) is 8.51. The predicted octanol–water partition coefficient (Wildman–Crippen LogP) is 3.02. The van der Waals surface area contributed by atoms with Gasteiger partial charge in [0.25, 0.3) is 10.0 Å². The van der Waals surface area contributed by atoms with Gasteiger partial charge in [-0.25, -0.2) is 12.8 Å². The molecule has 0 heterocycles. The summed E-state index contributed by atoms with van der Waals surface area (Å²) in [5.74, 6) is -0.425. The Morgan fingerprint density at radius 1 is 1.05 bits per heavy atom. The van der Waals surface area contributed by atoms with Gasteiger partial charge in [0.15, 0.2) is 0 Å². The highest BCUT2D eigenvalue weighted by molar-refractivity contribution is 7.92. The zero-order valence-electron chi connectivity index (χ0n) is 11.7. The molecular formula is C15H16ClFN2O2S. The van der Waals surface area contributed by atoms with Crippen molar-refractivity contribution in [3.63, 3.8) is 0 Å². The number of nitrogens with two attached hydrogens (primary N) is 1. The van der Waals surface area contributed by atoms with Crippen molar-refractivity contribution in [2.75, 3.05) is 17.4 Å². The van der Waals surface area contributed by atoms with E-state index in [-0.39, 0.29) is 11.4 Å². The first-order valence-electron chi connectivity index (χ1n) is 6.69. The van der Waals surface area contributed by atoms with E-state index in [1.807, 2.05) is 0 Å². The third kappa shape index (κ3) is 3.76. The van der Waals surface area contributed by atoms with Gasteiger partial charge in [0.05, 0.1) is 10.6 Å². The monoisotopic (exact) mass is 342 g/mol. The largest absolute Gasteiger partial charge is 0.330 e. The smallest absolute Gasteiger partial charge is 0.264 e. The summed E-state index contributed by atoms with van der Waals surface area (Å²) in [6.45, 7) is 0.570. The molecule has 0 fully saturated rings. The van der Waals surface area contributed by atoms with Crippen LogP contribution in [0.4, 0.5) is 10.1 Å². The number of sulfonamides is 1. The highest BCUT2D eigenvalue weighted by atomic mass is 35.5. The van der Waals surface area contributed by atoms with Crippen molar-refractivity contribution >= 4 is 27.3 Å². The zero-order valence-corrected chi connectivity index (χ0v) is 13.3. The topological polar surface area (TPSA) is 63.4 Å². The average Bonchev–Trinajstić information content (AvgIpc) is 2.49. The molecule has 2 rings (SSSR count). The number of nitrogens with zero attached hydrogens (tertiary/aromatic N) is 1. The van der Waals surface area contributed by atoms with Crippen LogP contribution < -0.4 is 10.0 Å². The fourth-order valence-electron chi connectivity index (χ4n) is 1.96. The molecular weight excluding hydrogens is 327 g/mol. The first kappa shape index (κ1) is 16.7. The molecule has 118 valence electrons. The predicted molar refractivity (Wildman–Crippen MR) is 86.1 cm³/mol. The lowest BCUT2D eigenvalue weighted by molar-refractivity contribution is 0.589. The number of rotatable bonds is 6. The van der Waals surface area contributed by atoms with E-state index in [1.165, 1.54) is 52.8 Å². The molecule has 0 aliphatic rings. The van der Waals surface area contributed by atoms with Crippen molar-refractivity contribution < 1.29 is 12.8 Å². The molecule has 4 nitrogen and oxygen atoms in total. The van der Waals surface area contributed by atoms with Crippen molar-refractivity contribution in [2.24, 2.45) is 5.73 Å². The number of anilines is 1. The highest BCUT2D eigenvalue weighted by Crippen LogP contribution is 2.25. The van der Waals surface area contributed by atoms with Crippen LogP contribution in [-0.2, 0) is 10.0 Å². The van der Waals surface area contributed by atoms with Crippen LogP contribution in [0.25, 0.3) is 0 Å². The summed E-state index contributed by atoms with van der Waals surface area (Å²) in [4.78, 5) is 0.123. The lowest BCUT2D eigenvalue weighted by Gasteiger charge is -2.24. The minimum absolute atomic E-state index is 0.123. The molecule has 0 aliphatic carbocycles. The molecule has 0 saturated heterocycles. The van der Waals surface area contributed by atoms with Crippen molar-refractivity contribution in [3.8, 4) is 0 Å². The standard InChI is InChI=1S/C15H16ClFN2O2S/c16-12-2-8-15(9-3-12)22(20,21)19(11-1-10-18)14-6-4-13(17)5-7-14/h2-9H,1,10-11,18H2. The number of hydrogen-bond donors (Lipinski definition) is 1. The van der Waals surface area contributed by atoms with Gasteiger partial charge in [-0.3, -0.25) is 4.31 Å². The lowest BCUT2D eigenvalue weighted by atomic mass is 10.3. The summed E-state index contributed by atoms with van der Waals surface area (Å²) in [6, 6.07) is 11.2. The molecule has 2 N–H and O–H groups in total. The summed E-state index contributed by atoms with van der Waals surface area (Å²) < 4.78 is 39.9. The molecule has 0 saturated carbocycles. The van der Waals surface area contributed by atoms with Crippen LogP contribution in [0.5, 0.6) is 0 Å². The van der Waals surface area contributed by atoms with E-state index in [0.717, 1.165) is 0 Å². The average molecular weight is 343 g/mol. The minimum atomic E-state index is -3.76. The van der Waals surface area contributed by atoms with Gasteiger partial charge in [-0.1, -0.05) is 11.6 Å². The van der Waals surface area contributed by atoms with Crippen LogP contribution in [-0.4, -0.2) is 21.5 Å². The van der Waals surface area contributed by atoms with Crippen molar-refractivity contribution in [1.29, 1.82) is 0 Å². The summed E-state index contributed by atoms with van der Waals surface area (Å²) in [5, 5.41) is 0.453. The quantitative estimate of drug-likeness (QED) is 0.877. The van der Waals surface area contributed by atoms with Gasteiger partial charge in [-0.05, 0) is 61.5 Å². The maximum absolute atomic E-state index is 13.1. The molecule has 0 aliphatic heterocycles. The van der Waals surface area contributed by atoms with E-state index in [9.17, 15) is 12.8 Å². The van der Waals surface area contributed by atoms with E-state index >= 15 is 0 Å². The van der Waals surface area contributed by atoms with Gasteiger partial charge in [0.2, 0.25) is 0 Å². The Morgan fingerprint density at radius 3 is 2.18 bits per heavy atom. The maximum atomic E-state index is 13.1. The SMILES string of the molecule is NCCCN(c1ccc(F)cc1)S(=O)(=O)c1ccc(Cl)cc1. The van der Waals surface area contributed by atoms with Crippen molar-refractivity contribution in [3.05, 3.63) is 59.4 Å². The van der Waals surface area contributed by atoms with Gasteiger partial charge < -0.3 is 5.73 Å². The summed E-state index contributed by atoms with van der Waals surface area (Å²) in [6.07, 6.45) is 0.490. The lowest BCUT2D eigenvalue weighted by Crippen LogP contribution is -2.33. The molecule has 0 unspecified atom stereocenters. The Hall–Kier alpha value is -1.63. The molecule has 0 atom stereocenters. The second kappa shape index (κ2) is 7.09. The highest BCUT2D eigenvalue weighted by Gasteiger charge is 2.24. The van der Waals surface area contributed by atoms with Crippen LogP contribution >= 0.6 is 11.6 Å². The van der Waals surface area contributed by atoms with E-state index in [0.29, 0.717) is 23.7 Å². The molecule has 0 bridgehead atoms. The van der Waals surface area contributed by atoms with Crippen LogP contribution in [0.1, 0.15) is 6.42 Å². The van der Waals surface area contributed by atoms with E-state index in [1.54, 1.807) is 0 Å². The van der Waals surface area contributed by atoms with Gasteiger partial charge >= 0.3 is 0 Å². The Labute approximate surface area is 134 Å². The Kier molecular flexibility index (Phi) is 5.39. The number of benzene rings is 2. The zero-order chi connectivity index (χ0) is 16.2. The van der Waals surface area contributed by atoms with Gasteiger partial charge in [0.1, 0.15) is 5.82 Å². The molecule has 0 amide bonds. The van der Waals surface area contributed by atoms with Crippen LogP contribution in [0.15, 0.2) is 53.4 Å². The van der Waals surface area contributed by atoms with Crippen LogP contribution in [0.3, 0.4) is 0 Å².